The van der Waals surface area contributed by atoms with E-state index in [4.69, 9.17) is 10.00 Å². The van der Waals surface area contributed by atoms with Gasteiger partial charge in [-0.2, -0.15) is 5.26 Å². The van der Waals surface area contributed by atoms with E-state index in [2.05, 4.69) is 12.8 Å². The molecule has 0 aliphatic carbocycles. The lowest BCUT2D eigenvalue weighted by Gasteiger charge is -2.26. The van der Waals surface area contributed by atoms with Gasteiger partial charge in [0.15, 0.2) is 6.19 Å². The molecule has 3 nitrogen and oxygen atoms in total. The maximum Gasteiger partial charge on any atom is 0.184 e. The van der Waals surface area contributed by atoms with Crippen LogP contribution in [0, 0.1) is 11.5 Å². The predicted octanol–water partition coefficient (Wildman–Crippen LogP) is 2.40. The summed E-state index contributed by atoms with van der Waals surface area (Å²) in [6.07, 6.45) is 3.00. The van der Waals surface area contributed by atoms with Crippen LogP contribution >= 0.6 is 0 Å². The normalized spacial score (nSPS) is 14.4. The molecule has 0 fully saturated rings. The third-order valence-electron chi connectivity index (χ3n) is 2.63. The van der Waals surface area contributed by atoms with Crippen LogP contribution in [0.25, 0.3) is 5.57 Å². The molecule has 1 aromatic carbocycles. The SMILES string of the molecule is C=C1CCN(C#N)c2ccc(OC)cc21. The number of nitrogens with zero attached hydrogens (tertiary/aromatic N) is 2. The predicted molar refractivity (Wildman–Crippen MR) is 59.6 cm³/mol. The van der Waals surface area contributed by atoms with Crippen LogP contribution in [0.2, 0.25) is 0 Å². The Morgan fingerprint density at radius 1 is 1.53 bits per heavy atom. The third kappa shape index (κ3) is 1.55. The Morgan fingerprint density at radius 2 is 2.33 bits per heavy atom. The van der Waals surface area contributed by atoms with E-state index < -0.39 is 0 Å². The van der Waals surface area contributed by atoms with Crippen LogP contribution < -0.4 is 9.64 Å². The number of rotatable bonds is 1. The molecule has 0 N–H and O–H groups in total. The summed E-state index contributed by atoms with van der Waals surface area (Å²) in [5, 5.41) is 8.97. The zero-order valence-electron chi connectivity index (χ0n) is 8.66. The summed E-state index contributed by atoms with van der Waals surface area (Å²) in [5.41, 5.74) is 3.01. The van der Waals surface area contributed by atoms with Crippen molar-refractivity contribution >= 4 is 11.3 Å². The molecule has 1 aromatic rings. The molecule has 76 valence electrons. The van der Waals surface area contributed by atoms with Gasteiger partial charge in [-0.25, -0.2) is 0 Å². The zero-order chi connectivity index (χ0) is 10.8. The molecule has 1 heterocycles. The molecule has 0 unspecified atom stereocenters. The topological polar surface area (TPSA) is 36.3 Å². The second kappa shape index (κ2) is 3.66. The smallest absolute Gasteiger partial charge is 0.184 e. The van der Waals surface area contributed by atoms with E-state index in [9.17, 15) is 0 Å². The monoisotopic (exact) mass is 200 g/mol. The summed E-state index contributed by atoms with van der Waals surface area (Å²) in [6.45, 7) is 4.72. The Hall–Kier alpha value is -1.95. The number of methoxy groups -OCH3 is 1. The van der Waals surface area contributed by atoms with Gasteiger partial charge in [-0.05, 0) is 30.2 Å². The molecule has 0 atom stereocenters. The van der Waals surface area contributed by atoms with E-state index in [0.717, 1.165) is 29.0 Å². The van der Waals surface area contributed by atoms with Gasteiger partial charge >= 0.3 is 0 Å². The molecule has 0 aromatic heterocycles. The van der Waals surface area contributed by atoms with Gasteiger partial charge in [0.1, 0.15) is 5.75 Å². The van der Waals surface area contributed by atoms with E-state index in [1.165, 1.54) is 0 Å². The molecule has 0 saturated carbocycles. The summed E-state index contributed by atoms with van der Waals surface area (Å²) in [7, 11) is 1.63. The second-order valence-corrected chi connectivity index (χ2v) is 3.49. The van der Waals surface area contributed by atoms with Gasteiger partial charge in [0, 0.05) is 12.1 Å². The highest BCUT2D eigenvalue weighted by Crippen LogP contribution is 2.35. The molecular weight excluding hydrogens is 188 g/mol. The minimum absolute atomic E-state index is 0.717. The Kier molecular flexibility index (Phi) is 2.34. The van der Waals surface area contributed by atoms with Gasteiger partial charge in [-0.15, -0.1) is 0 Å². The number of fused-ring (bicyclic) bond motifs is 1. The molecule has 0 radical (unpaired) electrons. The van der Waals surface area contributed by atoms with Crippen LogP contribution in [-0.4, -0.2) is 13.7 Å². The van der Waals surface area contributed by atoms with Crippen LogP contribution in [-0.2, 0) is 0 Å². The molecular formula is C12H12N2O. The largest absolute Gasteiger partial charge is 0.497 e. The molecule has 1 aliphatic heterocycles. The van der Waals surface area contributed by atoms with Gasteiger partial charge < -0.3 is 4.74 Å². The molecule has 1 aliphatic rings. The third-order valence-corrected chi connectivity index (χ3v) is 2.63. The van der Waals surface area contributed by atoms with E-state index in [-0.39, 0.29) is 0 Å². The fourth-order valence-electron chi connectivity index (χ4n) is 1.77. The van der Waals surface area contributed by atoms with Gasteiger partial charge in [0.05, 0.1) is 12.8 Å². The fraction of sp³-hybridized carbons (Fsp3) is 0.250. The standard InChI is InChI=1S/C12H12N2O/c1-9-5-6-14(8-13)12-4-3-10(15-2)7-11(9)12/h3-4,7H,1,5-6H2,2H3. The molecule has 0 bridgehead atoms. The average molecular weight is 200 g/mol. The fourth-order valence-corrected chi connectivity index (χ4v) is 1.77. The second-order valence-electron chi connectivity index (χ2n) is 3.49. The Morgan fingerprint density at radius 3 is 3.00 bits per heavy atom. The van der Waals surface area contributed by atoms with Gasteiger partial charge in [-0.1, -0.05) is 6.58 Å². The Bertz CT molecular complexity index is 445. The number of anilines is 1. The van der Waals surface area contributed by atoms with Crippen LogP contribution in [0.15, 0.2) is 24.8 Å². The maximum atomic E-state index is 8.97. The van der Waals surface area contributed by atoms with Crippen molar-refractivity contribution in [1.29, 1.82) is 5.26 Å². The number of hydrogen-bond donors (Lipinski definition) is 0. The molecule has 3 heteroatoms. The van der Waals surface area contributed by atoms with Crippen molar-refractivity contribution in [2.45, 2.75) is 6.42 Å². The summed E-state index contributed by atoms with van der Waals surface area (Å²) in [6, 6.07) is 5.70. The van der Waals surface area contributed by atoms with Crippen LogP contribution in [0.4, 0.5) is 5.69 Å². The molecule has 2 rings (SSSR count). The quantitative estimate of drug-likeness (QED) is 0.653. The number of ether oxygens (including phenoxy) is 1. The first-order chi connectivity index (χ1) is 7.26. The van der Waals surface area contributed by atoms with E-state index in [1.54, 1.807) is 12.0 Å². The minimum atomic E-state index is 0.717. The Balaban J connectivity index is 2.53. The minimum Gasteiger partial charge on any atom is -0.497 e. The van der Waals surface area contributed by atoms with Crippen molar-refractivity contribution in [2.75, 3.05) is 18.6 Å². The van der Waals surface area contributed by atoms with E-state index in [1.807, 2.05) is 18.2 Å². The van der Waals surface area contributed by atoms with Crippen molar-refractivity contribution in [3.63, 3.8) is 0 Å². The molecule has 0 amide bonds. The summed E-state index contributed by atoms with van der Waals surface area (Å²) < 4.78 is 5.15. The Labute approximate surface area is 89.2 Å². The van der Waals surface area contributed by atoms with Gasteiger partial charge in [0.2, 0.25) is 0 Å². The highest BCUT2D eigenvalue weighted by molar-refractivity contribution is 5.80. The summed E-state index contributed by atoms with van der Waals surface area (Å²) in [4.78, 5) is 1.68. The van der Waals surface area contributed by atoms with Crippen molar-refractivity contribution < 1.29 is 4.74 Å². The van der Waals surface area contributed by atoms with Crippen molar-refractivity contribution in [3.05, 3.63) is 30.3 Å². The highest BCUT2D eigenvalue weighted by Gasteiger charge is 2.19. The molecule has 0 saturated heterocycles. The number of nitriles is 1. The first-order valence-electron chi connectivity index (χ1n) is 4.79. The molecule has 15 heavy (non-hydrogen) atoms. The van der Waals surface area contributed by atoms with Crippen LogP contribution in [0.1, 0.15) is 12.0 Å². The maximum absolute atomic E-state index is 8.97. The van der Waals surface area contributed by atoms with Gasteiger partial charge in [0.25, 0.3) is 0 Å². The average Bonchev–Trinajstić information content (AvgIpc) is 2.29. The lowest BCUT2D eigenvalue weighted by molar-refractivity contribution is 0.414. The first kappa shape index (κ1) is 9.60. The lowest BCUT2D eigenvalue weighted by Crippen LogP contribution is -2.23. The lowest BCUT2D eigenvalue weighted by atomic mass is 9.97. The van der Waals surface area contributed by atoms with Crippen molar-refractivity contribution in [3.8, 4) is 11.9 Å². The number of benzene rings is 1. The van der Waals surface area contributed by atoms with E-state index in [0.29, 0.717) is 6.54 Å². The van der Waals surface area contributed by atoms with Gasteiger partial charge in [-0.3, -0.25) is 4.90 Å². The highest BCUT2D eigenvalue weighted by atomic mass is 16.5. The van der Waals surface area contributed by atoms with Crippen molar-refractivity contribution in [1.82, 2.24) is 0 Å². The molecule has 0 spiro atoms. The van der Waals surface area contributed by atoms with Crippen LogP contribution in [0.3, 0.4) is 0 Å². The summed E-state index contributed by atoms with van der Waals surface area (Å²) in [5.74, 6) is 0.801. The summed E-state index contributed by atoms with van der Waals surface area (Å²) >= 11 is 0. The van der Waals surface area contributed by atoms with Crippen molar-refractivity contribution in [2.24, 2.45) is 0 Å². The number of hydrogen-bond acceptors (Lipinski definition) is 3. The van der Waals surface area contributed by atoms with Crippen LogP contribution in [0.5, 0.6) is 5.75 Å². The van der Waals surface area contributed by atoms with E-state index >= 15 is 0 Å². The zero-order valence-corrected chi connectivity index (χ0v) is 8.66. The first-order valence-corrected chi connectivity index (χ1v) is 4.79.